The van der Waals surface area contributed by atoms with Crippen molar-refractivity contribution in [1.29, 1.82) is 0 Å². The van der Waals surface area contributed by atoms with Gasteiger partial charge in [0.1, 0.15) is 18.8 Å². The molecule has 1 aromatic carbocycles. The Morgan fingerprint density at radius 1 is 1.18 bits per heavy atom. The zero-order chi connectivity index (χ0) is 20.5. The van der Waals surface area contributed by atoms with Crippen molar-refractivity contribution in [3.8, 4) is 0 Å². The smallest absolute Gasteiger partial charge is 0.354 e. The van der Waals surface area contributed by atoms with Gasteiger partial charge in [-0.1, -0.05) is 0 Å². The fourth-order valence-corrected chi connectivity index (χ4v) is 3.26. The molecule has 28 heavy (non-hydrogen) atoms. The minimum Gasteiger partial charge on any atom is -0.475 e. The molecule has 0 fully saturated rings. The number of benzene rings is 1. The summed E-state index contributed by atoms with van der Waals surface area (Å²) in [6, 6.07) is 5.61. The molecule has 0 amide bonds. The molecule has 1 aliphatic rings. The van der Waals surface area contributed by atoms with Crippen molar-refractivity contribution in [2.45, 2.75) is 46.7 Å². The first-order valence-corrected chi connectivity index (χ1v) is 9.45. The number of fused-ring (bicyclic) bond motifs is 1. The van der Waals surface area contributed by atoms with Gasteiger partial charge in [-0.25, -0.2) is 9.79 Å². The minimum absolute atomic E-state index is 0.0766. The van der Waals surface area contributed by atoms with Gasteiger partial charge in [0, 0.05) is 10.9 Å². The molecule has 0 unspecified atom stereocenters. The SMILES string of the molecule is CCOC(=O)Cn1c(C(=O)OCC)cc2cc(C)c(C3=NC(C)(C)CO3)cc21. The van der Waals surface area contributed by atoms with Crippen LogP contribution in [0.5, 0.6) is 0 Å². The van der Waals surface area contributed by atoms with E-state index in [0.29, 0.717) is 18.2 Å². The van der Waals surface area contributed by atoms with E-state index >= 15 is 0 Å². The summed E-state index contributed by atoms with van der Waals surface area (Å²) in [5, 5.41) is 0.839. The van der Waals surface area contributed by atoms with Crippen LogP contribution >= 0.6 is 0 Å². The quantitative estimate of drug-likeness (QED) is 0.712. The van der Waals surface area contributed by atoms with Gasteiger partial charge >= 0.3 is 11.9 Å². The third-order valence-electron chi connectivity index (χ3n) is 4.52. The highest BCUT2D eigenvalue weighted by Gasteiger charge is 2.28. The van der Waals surface area contributed by atoms with Gasteiger partial charge in [0.05, 0.1) is 24.3 Å². The molecule has 2 heterocycles. The molecule has 0 bridgehead atoms. The molecule has 7 heteroatoms. The van der Waals surface area contributed by atoms with Crippen LogP contribution in [0.4, 0.5) is 0 Å². The maximum atomic E-state index is 12.4. The first kappa shape index (κ1) is 19.9. The number of nitrogens with zero attached hydrogens (tertiary/aromatic N) is 2. The molecular weight excluding hydrogens is 360 g/mol. The van der Waals surface area contributed by atoms with E-state index in [1.165, 1.54) is 0 Å². The van der Waals surface area contributed by atoms with Gasteiger partial charge in [-0.3, -0.25) is 4.79 Å². The Morgan fingerprint density at radius 2 is 1.89 bits per heavy atom. The molecule has 0 saturated carbocycles. The summed E-state index contributed by atoms with van der Waals surface area (Å²) in [6.45, 7) is 10.4. The monoisotopic (exact) mass is 386 g/mol. The summed E-state index contributed by atoms with van der Waals surface area (Å²) < 4.78 is 17.7. The van der Waals surface area contributed by atoms with E-state index in [4.69, 9.17) is 14.2 Å². The minimum atomic E-state index is -0.474. The molecule has 1 aromatic heterocycles. The van der Waals surface area contributed by atoms with E-state index in [9.17, 15) is 9.59 Å². The molecule has 3 rings (SSSR count). The fourth-order valence-electron chi connectivity index (χ4n) is 3.26. The second-order valence-electron chi connectivity index (χ2n) is 7.39. The van der Waals surface area contributed by atoms with Crippen molar-refractivity contribution < 1.29 is 23.8 Å². The van der Waals surface area contributed by atoms with Crippen molar-refractivity contribution in [1.82, 2.24) is 4.57 Å². The lowest BCUT2D eigenvalue weighted by Crippen LogP contribution is -2.18. The first-order valence-electron chi connectivity index (χ1n) is 9.45. The Morgan fingerprint density at radius 3 is 2.50 bits per heavy atom. The molecule has 7 nitrogen and oxygen atoms in total. The molecule has 0 atom stereocenters. The Bertz CT molecular complexity index is 955. The number of carbonyl (C=O) groups is 2. The van der Waals surface area contributed by atoms with Crippen molar-refractivity contribution in [2.75, 3.05) is 19.8 Å². The standard InChI is InChI=1S/C21H26N2O5/c1-6-26-18(24)11-23-16-10-15(19-22-21(4,5)12-28-19)13(3)8-14(16)9-17(23)20(25)27-7-2/h8-10H,6-7,11-12H2,1-5H3. The van der Waals surface area contributed by atoms with Crippen molar-refractivity contribution in [3.05, 3.63) is 35.0 Å². The van der Waals surface area contributed by atoms with Crippen molar-refractivity contribution >= 4 is 28.7 Å². The molecule has 0 saturated heterocycles. The Labute approximate surface area is 164 Å². The molecule has 1 aliphatic heterocycles. The number of hydrogen-bond donors (Lipinski definition) is 0. The highest BCUT2D eigenvalue weighted by atomic mass is 16.5. The average molecular weight is 386 g/mol. The summed E-state index contributed by atoms with van der Waals surface area (Å²) >= 11 is 0. The third kappa shape index (κ3) is 3.88. The summed E-state index contributed by atoms with van der Waals surface area (Å²) in [5.74, 6) is -0.313. The number of aromatic nitrogens is 1. The zero-order valence-electron chi connectivity index (χ0n) is 17.0. The highest BCUT2D eigenvalue weighted by Crippen LogP contribution is 2.28. The average Bonchev–Trinajstić information content (AvgIpc) is 3.14. The molecule has 0 N–H and O–H groups in total. The summed E-state index contributed by atoms with van der Waals surface area (Å²) in [4.78, 5) is 29.2. The van der Waals surface area contributed by atoms with Crippen molar-refractivity contribution in [2.24, 2.45) is 4.99 Å². The van der Waals surface area contributed by atoms with Crippen LogP contribution in [0.3, 0.4) is 0 Å². The molecule has 0 radical (unpaired) electrons. The number of esters is 2. The second-order valence-corrected chi connectivity index (χ2v) is 7.39. The van der Waals surface area contributed by atoms with E-state index in [1.807, 2.05) is 32.9 Å². The lowest BCUT2D eigenvalue weighted by Gasteiger charge is -2.11. The topological polar surface area (TPSA) is 79.1 Å². The Kier molecular flexibility index (Phi) is 5.45. The van der Waals surface area contributed by atoms with Crippen molar-refractivity contribution in [3.63, 3.8) is 0 Å². The maximum Gasteiger partial charge on any atom is 0.354 e. The van der Waals surface area contributed by atoms with Crippen LogP contribution in [-0.4, -0.2) is 47.8 Å². The number of ether oxygens (including phenoxy) is 3. The zero-order valence-corrected chi connectivity index (χ0v) is 17.0. The fraction of sp³-hybridized carbons (Fsp3) is 0.476. The summed E-state index contributed by atoms with van der Waals surface area (Å²) in [6.07, 6.45) is 0. The molecule has 150 valence electrons. The number of hydrogen-bond acceptors (Lipinski definition) is 6. The van der Waals surface area contributed by atoms with E-state index in [0.717, 1.165) is 22.0 Å². The van der Waals surface area contributed by atoms with Gasteiger partial charge in [-0.05, 0) is 58.4 Å². The van der Waals surface area contributed by atoms with Crippen LogP contribution in [0.1, 0.15) is 49.3 Å². The van der Waals surface area contributed by atoms with Crippen LogP contribution in [0.25, 0.3) is 10.9 Å². The molecule has 0 spiro atoms. The van der Waals surface area contributed by atoms with E-state index < -0.39 is 11.9 Å². The van der Waals surface area contributed by atoms with Gasteiger partial charge in [0.15, 0.2) is 0 Å². The largest absolute Gasteiger partial charge is 0.475 e. The van der Waals surface area contributed by atoms with Crippen LogP contribution in [0.2, 0.25) is 0 Å². The number of aryl methyl sites for hydroxylation is 1. The van der Waals surface area contributed by atoms with Crippen LogP contribution in [0, 0.1) is 6.92 Å². The Hall–Kier alpha value is -2.83. The van der Waals surface area contributed by atoms with E-state index in [1.54, 1.807) is 24.5 Å². The molecule has 2 aromatic rings. The lowest BCUT2D eigenvalue weighted by molar-refractivity contribution is -0.143. The van der Waals surface area contributed by atoms with Crippen LogP contribution < -0.4 is 0 Å². The molecule has 0 aliphatic carbocycles. The second kappa shape index (κ2) is 7.66. The Balaban J connectivity index is 2.14. The van der Waals surface area contributed by atoms with Gasteiger partial charge in [-0.15, -0.1) is 0 Å². The van der Waals surface area contributed by atoms with Gasteiger partial charge in [-0.2, -0.15) is 0 Å². The van der Waals surface area contributed by atoms with Gasteiger partial charge in [0.25, 0.3) is 0 Å². The summed E-state index contributed by atoms with van der Waals surface area (Å²) in [5.41, 5.74) is 2.59. The first-order chi connectivity index (χ1) is 13.3. The van der Waals surface area contributed by atoms with Gasteiger partial charge < -0.3 is 18.8 Å². The van der Waals surface area contributed by atoms with Crippen LogP contribution in [-0.2, 0) is 25.5 Å². The molecular formula is C21H26N2O5. The summed E-state index contributed by atoms with van der Waals surface area (Å²) in [7, 11) is 0. The normalized spacial score (nSPS) is 15.2. The maximum absolute atomic E-state index is 12.4. The lowest BCUT2D eigenvalue weighted by atomic mass is 10.1. The van der Waals surface area contributed by atoms with Gasteiger partial charge in [0.2, 0.25) is 5.90 Å². The number of carbonyl (C=O) groups excluding carboxylic acids is 2. The van der Waals surface area contributed by atoms with E-state index in [-0.39, 0.29) is 25.3 Å². The van der Waals surface area contributed by atoms with E-state index in [2.05, 4.69) is 4.99 Å². The number of rotatable bonds is 6. The third-order valence-corrected chi connectivity index (χ3v) is 4.52. The predicted octanol–water partition coefficient (Wildman–Crippen LogP) is 3.24. The predicted molar refractivity (Wildman–Crippen MR) is 106 cm³/mol. The number of aliphatic imine (C=N–C) groups is 1. The highest BCUT2D eigenvalue weighted by molar-refractivity contribution is 6.03. The van der Waals surface area contributed by atoms with Crippen LogP contribution in [0.15, 0.2) is 23.2 Å².